The van der Waals surface area contributed by atoms with Crippen LogP contribution in [0.3, 0.4) is 0 Å². The van der Waals surface area contributed by atoms with E-state index in [4.69, 9.17) is 15.2 Å². The molecule has 1 atom stereocenters. The zero-order valence-corrected chi connectivity index (χ0v) is 17.6. The summed E-state index contributed by atoms with van der Waals surface area (Å²) in [5.41, 5.74) is 8.55. The van der Waals surface area contributed by atoms with Gasteiger partial charge in [-0.25, -0.2) is 0 Å². The number of rotatable bonds is 11. The van der Waals surface area contributed by atoms with Crippen molar-refractivity contribution >= 4 is 27.4 Å². The number of hydrogen-bond acceptors (Lipinski definition) is 6. The van der Waals surface area contributed by atoms with Crippen molar-refractivity contribution < 1.29 is 14.3 Å². The van der Waals surface area contributed by atoms with Crippen molar-refractivity contribution in [1.82, 2.24) is 0 Å². The van der Waals surface area contributed by atoms with E-state index in [2.05, 4.69) is 40.0 Å². The fourth-order valence-electron chi connectivity index (χ4n) is 2.48. The molecule has 1 unspecified atom stereocenters. The average molecular weight is 386 g/mol. The number of ether oxygens (including phenoxy) is 2. The predicted molar refractivity (Wildman–Crippen MR) is 110 cm³/mol. The van der Waals surface area contributed by atoms with E-state index in [-0.39, 0.29) is 17.8 Å². The standard InChI is InChI=1S/C19H31NO3S2/c1-14(25-24-5)16-7-6-15(12-17(16)19(2,3)4)18(21)13-23-11-10-22-9-8-20/h6-7,12,14H,8-11,13,20H2,1-5H3. The molecule has 0 heterocycles. The topological polar surface area (TPSA) is 61.5 Å². The van der Waals surface area contributed by atoms with Crippen LogP contribution in [0.25, 0.3) is 0 Å². The van der Waals surface area contributed by atoms with Crippen LogP contribution in [0.2, 0.25) is 0 Å². The van der Waals surface area contributed by atoms with E-state index >= 15 is 0 Å². The van der Waals surface area contributed by atoms with E-state index in [0.717, 1.165) is 0 Å². The predicted octanol–water partition coefficient (Wildman–Crippen LogP) is 4.23. The molecule has 0 bridgehead atoms. The molecular weight excluding hydrogens is 354 g/mol. The molecule has 2 N–H and O–H groups in total. The summed E-state index contributed by atoms with van der Waals surface area (Å²) in [7, 11) is 3.60. The zero-order chi connectivity index (χ0) is 18.9. The van der Waals surface area contributed by atoms with Crippen LogP contribution in [-0.2, 0) is 14.9 Å². The van der Waals surface area contributed by atoms with Gasteiger partial charge in [-0.3, -0.25) is 4.79 Å². The van der Waals surface area contributed by atoms with Crippen LogP contribution in [0.4, 0.5) is 0 Å². The van der Waals surface area contributed by atoms with Crippen LogP contribution in [-0.4, -0.2) is 45.0 Å². The summed E-state index contributed by atoms with van der Waals surface area (Å²) < 4.78 is 10.6. The Kier molecular flexibility index (Phi) is 10.1. The van der Waals surface area contributed by atoms with Crippen molar-refractivity contribution in [3.8, 4) is 0 Å². The first-order valence-corrected chi connectivity index (χ1v) is 11.2. The van der Waals surface area contributed by atoms with Gasteiger partial charge in [-0.2, -0.15) is 0 Å². The van der Waals surface area contributed by atoms with E-state index in [1.165, 1.54) is 11.1 Å². The molecular formula is C19H31NO3S2. The molecule has 142 valence electrons. The minimum absolute atomic E-state index is 0.000970. The zero-order valence-electron chi connectivity index (χ0n) is 16.0. The van der Waals surface area contributed by atoms with Gasteiger partial charge in [0, 0.05) is 17.4 Å². The molecule has 0 aliphatic carbocycles. The molecule has 1 rings (SSSR count). The van der Waals surface area contributed by atoms with Gasteiger partial charge in [0.2, 0.25) is 0 Å². The Morgan fingerprint density at radius 2 is 1.88 bits per heavy atom. The van der Waals surface area contributed by atoms with Crippen LogP contribution >= 0.6 is 21.6 Å². The lowest BCUT2D eigenvalue weighted by Gasteiger charge is -2.26. The van der Waals surface area contributed by atoms with E-state index < -0.39 is 0 Å². The van der Waals surface area contributed by atoms with Crippen LogP contribution < -0.4 is 5.73 Å². The van der Waals surface area contributed by atoms with Crippen LogP contribution in [0, 0.1) is 0 Å². The maximum atomic E-state index is 12.4. The summed E-state index contributed by atoms with van der Waals surface area (Å²) in [6.07, 6.45) is 2.09. The van der Waals surface area contributed by atoms with Gasteiger partial charge in [-0.1, -0.05) is 54.5 Å². The highest BCUT2D eigenvalue weighted by Crippen LogP contribution is 2.40. The highest BCUT2D eigenvalue weighted by Gasteiger charge is 2.23. The molecule has 6 heteroatoms. The molecule has 1 aromatic rings. The van der Waals surface area contributed by atoms with Gasteiger partial charge < -0.3 is 15.2 Å². The Morgan fingerprint density at radius 1 is 1.20 bits per heavy atom. The van der Waals surface area contributed by atoms with Gasteiger partial charge in [0.05, 0.1) is 19.8 Å². The average Bonchev–Trinajstić information content (AvgIpc) is 2.56. The molecule has 0 aliphatic heterocycles. The minimum atomic E-state index is -0.0181. The Labute approximate surface area is 160 Å². The second-order valence-electron chi connectivity index (χ2n) is 6.83. The summed E-state index contributed by atoms with van der Waals surface area (Å²) in [5, 5.41) is 0.379. The molecule has 1 aromatic carbocycles. The second-order valence-corrected chi connectivity index (χ2v) is 9.64. The number of carbonyl (C=O) groups is 1. The summed E-state index contributed by atoms with van der Waals surface area (Å²) in [6, 6.07) is 6.04. The third-order valence-electron chi connectivity index (χ3n) is 3.73. The Hall–Kier alpha value is -0.530. The van der Waals surface area contributed by atoms with Gasteiger partial charge in [-0.15, -0.1) is 0 Å². The minimum Gasteiger partial charge on any atom is -0.378 e. The van der Waals surface area contributed by atoms with Gasteiger partial charge in [-0.05, 0) is 35.8 Å². The molecule has 0 aliphatic rings. The fourth-order valence-corrected chi connectivity index (χ4v) is 4.26. The molecule has 0 aromatic heterocycles. The van der Waals surface area contributed by atoms with Gasteiger partial charge in [0.1, 0.15) is 6.61 Å². The Bertz CT molecular complexity index is 544. The summed E-state index contributed by atoms with van der Waals surface area (Å²) in [5.74, 6) is 0.000970. The number of benzene rings is 1. The quantitative estimate of drug-likeness (QED) is 0.349. The molecule has 0 saturated heterocycles. The third-order valence-corrected chi connectivity index (χ3v) is 5.91. The van der Waals surface area contributed by atoms with E-state index in [9.17, 15) is 4.79 Å². The van der Waals surface area contributed by atoms with Gasteiger partial charge in [0.25, 0.3) is 0 Å². The lowest BCUT2D eigenvalue weighted by atomic mass is 9.81. The molecule has 0 spiro atoms. The smallest absolute Gasteiger partial charge is 0.188 e. The molecule has 25 heavy (non-hydrogen) atoms. The first-order chi connectivity index (χ1) is 11.8. The van der Waals surface area contributed by atoms with Crippen LogP contribution in [0.5, 0.6) is 0 Å². The molecule has 0 saturated carbocycles. The first-order valence-electron chi connectivity index (χ1n) is 8.54. The van der Waals surface area contributed by atoms with Crippen molar-refractivity contribution in [2.75, 3.05) is 39.2 Å². The summed E-state index contributed by atoms with van der Waals surface area (Å²) in [6.45, 7) is 10.7. The number of hydrogen-bond donors (Lipinski definition) is 1. The van der Waals surface area contributed by atoms with E-state index in [0.29, 0.717) is 37.2 Å². The third kappa shape index (κ3) is 7.71. The number of carbonyl (C=O) groups excluding carboxylic acids is 1. The van der Waals surface area contributed by atoms with Crippen molar-refractivity contribution in [3.63, 3.8) is 0 Å². The summed E-state index contributed by atoms with van der Waals surface area (Å²) >= 11 is 0. The largest absolute Gasteiger partial charge is 0.378 e. The number of nitrogens with two attached hydrogens (primary N) is 1. The van der Waals surface area contributed by atoms with E-state index in [1.807, 2.05) is 22.9 Å². The SMILES string of the molecule is CSSC(C)c1ccc(C(=O)COCCOCCN)cc1C(C)(C)C. The number of ketones is 1. The molecule has 4 nitrogen and oxygen atoms in total. The van der Waals surface area contributed by atoms with Gasteiger partial charge in [0.15, 0.2) is 5.78 Å². The van der Waals surface area contributed by atoms with Crippen molar-refractivity contribution in [1.29, 1.82) is 0 Å². The number of Topliss-reactive ketones (excluding diaryl/α,β-unsaturated/α-hetero) is 1. The highest BCUT2D eigenvalue weighted by molar-refractivity contribution is 8.76. The first kappa shape index (κ1) is 22.5. The Balaban J connectivity index is 2.79. The van der Waals surface area contributed by atoms with Crippen LogP contribution in [0.1, 0.15) is 54.4 Å². The van der Waals surface area contributed by atoms with Crippen molar-refractivity contribution in [2.24, 2.45) is 5.73 Å². The molecule has 0 fully saturated rings. The fraction of sp³-hybridized carbons (Fsp3) is 0.632. The van der Waals surface area contributed by atoms with Crippen molar-refractivity contribution in [2.45, 2.75) is 38.4 Å². The van der Waals surface area contributed by atoms with E-state index in [1.54, 1.807) is 10.8 Å². The maximum Gasteiger partial charge on any atom is 0.188 e. The molecule has 0 amide bonds. The maximum absolute atomic E-state index is 12.4. The normalized spacial score (nSPS) is 13.0. The Morgan fingerprint density at radius 3 is 2.48 bits per heavy atom. The lowest BCUT2D eigenvalue weighted by Crippen LogP contribution is -2.18. The molecule has 0 radical (unpaired) electrons. The monoisotopic (exact) mass is 385 g/mol. The van der Waals surface area contributed by atoms with Crippen LogP contribution in [0.15, 0.2) is 18.2 Å². The lowest BCUT2D eigenvalue weighted by molar-refractivity contribution is 0.0460. The van der Waals surface area contributed by atoms with Gasteiger partial charge >= 0.3 is 0 Å². The highest BCUT2D eigenvalue weighted by atomic mass is 33.1. The second kappa shape index (κ2) is 11.2. The summed E-state index contributed by atoms with van der Waals surface area (Å²) in [4.78, 5) is 12.4. The van der Waals surface area contributed by atoms with Crippen molar-refractivity contribution in [3.05, 3.63) is 34.9 Å².